The summed E-state index contributed by atoms with van der Waals surface area (Å²) < 4.78 is 0. The Hall–Kier alpha value is -0.790. The van der Waals surface area contributed by atoms with Crippen molar-refractivity contribution in [3.05, 3.63) is 45.9 Å². The Kier molecular flexibility index (Phi) is 9.24. The molecule has 25 heavy (non-hydrogen) atoms. The van der Waals surface area contributed by atoms with Crippen LogP contribution in [-0.4, -0.2) is 41.5 Å². The Balaban J connectivity index is 0.00000156. The second-order valence-electron chi connectivity index (χ2n) is 5.72. The summed E-state index contributed by atoms with van der Waals surface area (Å²) in [7, 11) is 0. The van der Waals surface area contributed by atoms with Crippen LogP contribution in [0.5, 0.6) is 0 Å². The van der Waals surface area contributed by atoms with Crippen molar-refractivity contribution in [3.8, 4) is 0 Å². The maximum Gasteiger partial charge on any atom is 0.254 e. The number of thiazole rings is 1. The maximum atomic E-state index is 12.6. The Bertz CT molecular complexity index is 679. The highest BCUT2D eigenvalue weighted by atomic mass is 35.5. The first-order valence-electron chi connectivity index (χ1n) is 7.79. The van der Waals surface area contributed by atoms with E-state index in [1.807, 2.05) is 36.1 Å². The van der Waals surface area contributed by atoms with Crippen molar-refractivity contribution >= 4 is 53.8 Å². The van der Waals surface area contributed by atoms with Gasteiger partial charge in [0.2, 0.25) is 0 Å². The number of hydrogen-bond donors (Lipinski definition) is 1. The Morgan fingerprint density at radius 3 is 2.68 bits per heavy atom. The first kappa shape index (κ1) is 22.3. The lowest BCUT2D eigenvalue weighted by molar-refractivity contribution is 0.0655. The lowest BCUT2D eigenvalue weighted by atomic mass is 10.1. The molecule has 1 aliphatic heterocycles. The minimum Gasteiger partial charge on any atom is -0.333 e. The van der Waals surface area contributed by atoms with Gasteiger partial charge in [-0.25, -0.2) is 4.98 Å². The van der Waals surface area contributed by atoms with Gasteiger partial charge < -0.3 is 10.2 Å². The molecule has 1 saturated heterocycles. The minimum absolute atomic E-state index is 0. The van der Waals surface area contributed by atoms with Crippen LogP contribution < -0.4 is 5.32 Å². The highest BCUT2D eigenvalue weighted by Crippen LogP contribution is 2.24. The maximum absolute atomic E-state index is 12.6. The van der Waals surface area contributed by atoms with Gasteiger partial charge in [0.1, 0.15) is 0 Å². The lowest BCUT2D eigenvalue weighted by Crippen LogP contribution is -2.52. The van der Waals surface area contributed by atoms with E-state index >= 15 is 0 Å². The third-order valence-corrected chi connectivity index (χ3v) is 5.78. The van der Waals surface area contributed by atoms with Crippen molar-refractivity contribution in [1.82, 2.24) is 15.2 Å². The minimum atomic E-state index is 0. The second kappa shape index (κ2) is 10.4. The Morgan fingerprint density at radius 2 is 2.08 bits per heavy atom. The summed E-state index contributed by atoms with van der Waals surface area (Å²) in [6, 6.07) is 8.18. The van der Waals surface area contributed by atoms with Crippen LogP contribution >= 0.6 is 47.9 Å². The van der Waals surface area contributed by atoms with E-state index in [4.69, 9.17) is 0 Å². The second-order valence-corrected chi connectivity index (χ2v) is 7.83. The van der Waals surface area contributed by atoms with Crippen LogP contribution in [0.2, 0.25) is 0 Å². The molecule has 1 aromatic heterocycles. The fraction of sp³-hybridized carbons (Fsp3) is 0.412. The number of piperazine rings is 1. The number of benzene rings is 1. The molecule has 0 aliphatic carbocycles. The van der Waals surface area contributed by atoms with E-state index in [1.165, 1.54) is 4.90 Å². The summed E-state index contributed by atoms with van der Waals surface area (Å²) in [6.07, 6.45) is 0. The molecule has 1 N–H and O–H groups in total. The van der Waals surface area contributed by atoms with Crippen molar-refractivity contribution in [3.63, 3.8) is 0 Å². The third kappa shape index (κ3) is 5.86. The molecule has 2 heterocycles. The van der Waals surface area contributed by atoms with Crippen molar-refractivity contribution < 1.29 is 4.79 Å². The molecule has 0 unspecified atom stereocenters. The zero-order valence-electron chi connectivity index (χ0n) is 14.2. The van der Waals surface area contributed by atoms with Gasteiger partial charge >= 0.3 is 0 Å². The molecule has 0 saturated carbocycles. The molecular formula is C17H23Cl2N3OS2. The van der Waals surface area contributed by atoms with Gasteiger partial charge in [-0.3, -0.25) is 4.79 Å². The molecule has 4 nitrogen and oxygen atoms in total. The zero-order valence-corrected chi connectivity index (χ0v) is 17.5. The number of nitrogens with zero attached hydrogens (tertiary/aromatic N) is 2. The average molecular weight is 420 g/mol. The first-order chi connectivity index (χ1) is 11.1. The Morgan fingerprint density at radius 1 is 1.36 bits per heavy atom. The van der Waals surface area contributed by atoms with Crippen LogP contribution in [0.4, 0.5) is 0 Å². The summed E-state index contributed by atoms with van der Waals surface area (Å²) in [5.74, 6) is 0.998. The number of aryl methyl sites for hydroxylation is 1. The van der Waals surface area contributed by atoms with E-state index in [0.29, 0.717) is 0 Å². The number of carbonyl (C=O) groups is 1. The molecule has 1 fully saturated rings. The predicted molar refractivity (Wildman–Crippen MR) is 111 cm³/mol. The van der Waals surface area contributed by atoms with E-state index in [2.05, 4.69) is 22.6 Å². The predicted octanol–water partition coefficient (Wildman–Crippen LogP) is 4.02. The topological polar surface area (TPSA) is 45.2 Å². The van der Waals surface area contributed by atoms with Crippen LogP contribution in [0.1, 0.15) is 28.0 Å². The molecule has 0 radical (unpaired) electrons. The smallest absolute Gasteiger partial charge is 0.254 e. The highest BCUT2D eigenvalue weighted by molar-refractivity contribution is 7.98. The Labute approximate surface area is 169 Å². The molecule has 0 spiro atoms. The van der Waals surface area contributed by atoms with E-state index in [-0.39, 0.29) is 36.8 Å². The summed E-state index contributed by atoms with van der Waals surface area (Å²) in [5, 5.41) is 6.52. The number of rotatable bonds is 4. The van der Waals surface area contributed by atoms with Gasteiger partial charge in [-0.15, -0.1) is 47.9 Å². The van der Waals surface area contributed by atoms with E-state index in [1.54, 1.807) is 23.1 Å². The number of thioether (sulfide) groups is 1. The molecule has 2 aromatic rings. The van der Waals surface area contributed by atoms with Crippen LogP contribution in [0.3, 0.4) is 0 Å². The summed E-state index contributed by atoms with van der Waals surface area (Å²) in [5.41, 5.74) is 1.89. The first-order valence-corrected chi connectivity index (χ1v) is 9.65. The van der Waals surface area contributed by atoms with E-state index in [9.17, 15) is 4.79 Å². The number of nitrogens with one attached hydrogen (secondary N) is 1. The molecule has 138 valence electrons. The van der Waals surface area contributed by atoms with Gasteiger partial charge in [-0.1, -0.05) is 0 Å². The van der Waals surface area contributed by atoms with Gasteiger partial charge in [0, 0.05) is 47.3 Å². The van der Waals surface area contributed by atoms with Gasteiger partial charge in [0.05, 0.1) is 10.7 Å². The fourth-order valence-corrected chi connectivity index (χ4v) is 4.14. The number of halogens is 2. The van der Waals surface area contributed by atoms with Gasteiger partial charge in [-0.05, 0) is 38.1 Å². The van der Waals surface area contributed by atoms with Gasteiger partial charge in [-0.2, -0.15) is 0 Å². The fourth-order valence-electron chi connectivity index (χ4n) is 2.63. The molecule has 1 aromatic carbocycles. The zero-order chi connectivity index (χ0) is 16.2. The van der Waals surface area contributed by atoms with Crippen LogP contribution in [-0.2, 0) is 5.75 Å². The van der Waals surface area contributed by atoms with Crippen molar-refractivity contribution in [1.29, 1.82) is 0 Å². The number of amides is 1. The van der Waals surface area contributed by atoms with Crippen LogP contribution in [0.15, 0.2) is 34.5 Å². The summed E-state index contributed by atoms with van der Waals surface area (Å²) in [4.78, 5) is 20.2. The standard InChI is InChI=1S/C17H21N3OS2.2ClH/c1-12-9-18-7-8-20(12)17(21)14-3-5-16(6-4-14)23-11-15-10-22-13(2)19-15;;/h3-6,10,12,18H,7-9,11H2,1-2H3;2*1H/t12-;;/m0../s1. The van der Waals surface area contributed by atoms with Crippen molar-refractivity contribution in [2.45, 2.75) is 30.5 Å². The summed E-state index contributed by atoms with van der Waals surface area (Å²) in [6.45, 7) is 6.63. The molecule has 3 rings (SSSR count). The van der Waals surface area contributed by atoms with Gasteiger partial charge in [0.15, 0.2) is 0 Å². The molecule has 1 aliphatic rings. The van der Waals surface area contributed by atoms with Crippen LogP contribution in [0.25, 0.3) is 0 Å². The quantitative estimate of drug-likeness (QED) is 0.759. The lowest BCUT2D eigenvalue weighted by Gasteiger charge is -2.34. The molecular weight excluding hydrogens is 397 g/mol. The average Bonchev–Trinajstić information content (AvgIpc) is 2.99. The monoisotopic (exact) mass is 419 g/mol. The normalized spacial score (nSPS) is 16.7. The third-order valence-electron chi connectivity index (χ3n) is 3.92. The largest absolute Gasteiger partial charge is 0.333 e. The number of carbonyl (C=O) groups excluding carboxylic acids is 1. The summed E-state index contributed by atoms with van der Waals surface area (Å²) >= 11 is 3.43. The molecule has 8 heteroatoms. The molecule has 1 amide bonds. The van der Waals surface area contributed by atoms with E-state index < -0.39 is 0 Å². The highest BCUT2D eigenvalue weighted by Gasteiger charge is 2.23. The molecule has 1 atom stereocenters. The number of aromatic nitrogens is 1. The van der Waals surface area contributed by atoms with Crippen molar-refractivity contribution in [2.75, 3.05) is 19.6 Å². The van der Waals surface area contributed by atoms with E-state index in [0.717, 1.165) is 41.7 Å². The SMILES string of the molecule is Cc1nc(CSc2ccc(C(=O)N3CCNC[C@@H]3C)cc2)cs1.Cl.Cl. The van der Waals surface area contributed by atoms with Crippen LogP contribution in [0, 0.1) is 6.92 Å². The number of hydrogen-bond acceptors (Lipinski definition) is 5. The van der Waals surface area contributed by atoms with Crippen molar-refractivity contribution in [2.24, 2.45) is 0 Å². The molecule has 0 bridgehead atoms. The van der Waals surface area contributed by atoms with Gasteiger partial charge in [0.25, 0.3) is 5.91 Å².